The monoisotopic (exact) mass is 397 g/mol. The van der Waals surface area contributed by atoms with E-state index in [1.165, 1.54) is 0 Å². The van der Waals surface area contributed by atoms with Gasteiger partial charge in [0.15, 0.2) is 0 Å². The van der Waals surface area contributed by atoms with Crippen LogP contribution in [-0.2, 0) is 0 Å². The fourth-order valence-electron chi connectivity index (χ4n) is 2.66. The first-order valence-corrected chi connectivity index (χ1v) is 8.85. The number of rotatable bonds is 6. The van der Waals surface area contributed by atoms with Crippen molar-refractivity contribution >= 4 is 17.3 Å². The van der Waals surface area contributed by atoms with Crippen molar-refractivity contribution in [1.82, 2.24) is 10.3 Å². The van der Waals surface area contributed by atoms with Crippen molar-refractivity contribution in [2.45, 2.75) is 26.3 Å². The molecule has 1 amide bonds. The third-order valence-electron chi connectivity index (χ3n) is 4.11. The van der Waals surface area contributed by atoms with Gasteiger partial charge in [-0.2, -0.15) is 12.2 Å². The van der Waals surface area contributed by atoms with Gasteiger partial charge < -0.3 is 21.8 Å². The number of carbonyl (C=O) groups excluding carboxylic acids is 1. The van der Waals surface area contributed by atoms with E-state index in [0.29, 0.717) is 5.56 Å². The van der Waals surface area contributed by atoms with Crippen molar-refractivity contribution in [2.24, 2.45) is 4.99 Å². The molecule has 1 aliphatic rings. The van der Waals surface area contributed by atoms with E-state index in [1.807, 2.05) is 50.3 Å². The van der Waals surface area contributed by atoms with E-state index in [-0.39, 0.29) is 63.3 Å². The van der Waals surface area contributed by atoms with Crippen LogP contribution in [0.15, 0.2) is 66.1 Å². The number of hydrogen-bond donors (Lipinski definition) is 2. The van der Waals surface area contributed by atoms with Crippen LogP contribution in [-0.4, -0.2) is 16.6 Å². The number of benzene rings is 1. The van der Waals surface area contributed by atoms with Crippen molar-refractivity contribution in [3.05, 3.63) is 90.4 Å². The number of nitrogens with one attached hydrogen (secondary N) is 2. The Morgan fingerprint density at radius 2 is 2.21 bits per heavy atom. The molecule has 0 fully saturated rings. The van der Waals surface area contributed by atoms with Gasteiger partial charge >= 0.3 is 51.4 Å². The molecule has 1 heterocycles. The number of pyridine rings is 1. The SMILES string of the molecule is Cc1cncc(C(=O)Nc2cccc(C(C)N[C-]=CN=C3C=CC[CH-]3)c2)c1.[K+]. The van der Waals surface area contributed by atoms with Crippen LogP contribution in [0.4, 0.5) is 5.69 Å². The predicted octanol–water partition coefficient (Wildman–Crippen LogP) is 1.18. The summed E-state index contributed by atoms with van der Waals surface area (Å²) in [6.07, 6.45) is 15.0. The second kappa shape index (κ2) is 11.3. The van der Waals surface area contributed by atoms with E-state index in [4.69, 9.17) is 0 Å². The molecule has 5 nitrogen and oxygen atoms in total. The zero-order chi connectivity index (χ0) is 19.1. The van der Waals surface area contributed by atoms with Gasteiger partial charge in [0.1, 0.15) is 0 Å². The minimum atomic E-state index is -0.174. The Bertz CT molecular complexity index is 905. The Morgan fingerprint density at radius 3 is 2.96 bits per heavy atom. The van der Waals surface area contributed by atoms with Gasteiger partial charge in [-0.1, -0.05) is 18.6 Å². The van der Waals surface area contributed by atoms with Crippen LogP contribution in [0, 0.1) is 19.5 Å². The zero-order valence-corrected chi connectivity index (χ0v) is 19.6. The number of aliphatic imine (C=N–C) groups is 1. The fourth-order valence-corrected chi connectivity index (χ4v) is 2.66. The second-order valence-electron chi connectivity index (χ2n) is 6.37. The smallest absolute Gasteiger partial charge is 0.560 e. The molecule has 1 atom stereocenters. The molecular formula is C22H22KN4O-. The van der Waals surface area contributed by atoms with Crippen LogP contribution in [0.1, 0.15) is 40.9 Å². The Hall–Kier alpha value is -1.70. The third-order valence-corrected chi connectivity index (χ3v) is 4.11. The van der Waals surface area contributed by atoms with Crippen LogP contribution in [0.3, 0.4) is 0 Å². The summed E-state index contributed by atoms with van der Waals surface area (Å²) in [7, 11) is 0. The number of amides is 1. The molecule has 0 spiro atoms. The summed E-state index contributed by atoms with van der Waals surface area (Å²) in [6, 6.07) is 9.57. The average Bonchev–Trinajstić information content (AvgIpc) is 3.19. The van der Waals surface area contributed by atoms with Crippen molar-refractivity contribution < 1.29 is 56.2 Å². The Kier molecular flexibility index (Phi) is 9.14. The largest absolute Gasteiger partial charge is 1.00 e. The molecule has 0 saturated carbocycles. The van der Waals surface area contributed by atoms with Crippen LogP contribution in [0.5, 0.6) is 0 Å². The first-order valence-electron chi connectivity index (χ1n) is 8.85. The molecule has 0 radical (unpaired) electrons. The van der Waals surface area contributed by atoms with Crippen molar-refractivity contribution in [2.75, 3.05) is 5.32 Å². The number of aromatic nitrogens is 1. The molecule has 3 rings (SSSR count). The molecule has 6 heteroatoms. The van der Waals surface area contributed by atoms with Crippen LogP contribution >= 0.6 is 0 Å². The summed E-state index contributed by atoms with van der Waals surface area (Å²) in [4.78, 5) is 20.7. The third kappa shape index (κ3) is 6.72. The van der Waals surface area contributed by atoms with E-state index in [2.05, 4.69) is 39.3 Å². The topological polar surface area (TPSA) is 66.4 Å². The van der Waals surface area contributed by atoms with Gasteiger partial charge in [0.25, 0.3) is 5.91 Å². The Morgan fingerprint density at radius 1 is 1.36 bits per heavy atom. The standard InChI is InChI=1S/C22H22N4O.K/c1-16-12-19(15-23-14-16)22(27)26-21-9-5-6-18(13-21)17(2)24-10-11-25-20-7-3-4-8-20;/h3,5-9,11-15,17,24H,4H2,1-2H3,(H,26,27);/q-2;+1. The molecule has 2 aromatic rings. The predicted molar refractivity (Wildman–Crippen MR) is 108 cm³/mol. The van der Waals surface area contributed by atoms with Crippen LogP contribution in [0.2, 0.25) is 0 Å². The summed E-state index contributed by atoms with van der Waals surface area (Å²) in [5.74, 6) is -0.174. The molecule has 138 valence electrons. The quantitative estimate of drug-likeness (QED) is 0.437. The van der Waals surface area contributed by atoms with Gasteiger partial charge in [-0.15, -0.1) is 11.9 Å². The molecule has 0 bridgehead atoms. The normalized spacial score (nSPS) is 15.1. The second-order valence-corrected chi connectivity index (χ2v) is 6.37. The first kappa shape index (κ1) is 22.6. The van der Waals surface area contributed by atoms with Gasteiger partial charge in [0.05, 0.1) is 5.56 Å². The summed E-state index contributed by atoms with van der Waals surface area (Å²) >= 11 is 0. The summed E-state index contributed by atoms with van der Waals surface area (Å²) < 4.78 is 0. The van der Waals surface area contributed by atoms with Gasteiger partial charge in [-0.05, 0) is 43.2 Å². The maximum atomic E-state index is 12.4. The maximum absolute atomic E-state index is 12.4. The van der Waals surface area contributed by atoms with E-state index in [1.54, 1.807) is 18.6 Å². The van der Waals surface area contributed by atoms with Crippen molar-refractivity contribution in [1.29, 1.82) is 0 Å². The van der Waals surface area contributed by atoms with Gasteiger partial charge in [-0.3, -0.25) is 9.78 Å². The Labute approximate surface area is 208 Å². The number of nitrogens with zero attached hydrogens (tertiary/aromatic N) is 2. The van der Waals surface area contributed by atoms with Crippen molar-refractivity contribution in [3.63, 3.8) is 0 Å². The summed E-state index contributed by atoms with van der Waals surface area (Å²) in [5.41, 5.74) is 4.22. The molecule has 1 aliphatic carbocycles. The molecule has 28 heavy (non-hydrogen) atoms. The van der Waals surface area contributed by atoms with Crippen molar-refractivity contribution in [3.8, 4) is 0 Å². The molecule has 1 aromatic heterocycles. The molecular weight excluding hydrogens is 375 g/mol. The van der Waals surface area contributed by atoms with Gasteiger partial charge in [0, 0.05) is 24.1 Å². The van der Waals surface area contributed by atoms with E-state index < -0.39 is 0 Å². The van der Waals surface area contributed by atoms with E-state index in [9.17, 15) is 4.79 Å². The van der Waals surface area contributed by atoms with Gasteiger partial charge in [0.2, 0.25) is 0 Å². The molecule has 0 saturated heterocycles. The minimum absolute atomic E-state index is 0. The molecule has 0 aliphatic heterocycles. The number of hydrogen-bond acceptors (Lipinski definition) is 4. The van der Waals surface area contributed by atoms with Crippen LogP contribution in [0.25, 0.3) is 0 Å². The number of anilines is 1. The molecule has 1 unspecified atom stereocenters. The summed E-state index contributed by atoms with van der Waals surface area (Å²) in [5, 5.41) is 6.09. The number of aryl methyl sites for hydroxylation is 1. The zero-order valence-electron chi connectivity index (χ0n) is 16.4. The van der Waals surface area contributed by atoms with Gasteiger partial charge in [-0.25, -0.2) is 6.42 Å². The number of carbonyl (C=O) groups is 1. The van der Waals surface area contributed by atoms with E-state index in [0.717, 1.165) is 28.9 Å². The fraction of sp³-hybridized carbons (Fsp3) is 0.182. The maximum Gasteiger partial charge on any atom is 1.00 e. The molecule has 1 aromatic carbocycles. The minimum Gasteiger partial charge on any atom is -0.560 e. The average molecular weight is 398 g/mol. The molecule has 2 N–H and O–H groups in total. The Balaban J connectivity index is 0.00000280. The number of allylic oxidation sites excluding steroid dienone is 2. The first-order chi connectivity index (χ1) is 13.1. The summed E-state index contributed by atoms with van der Waals surface area (Å²) in [6.45, 7) is 3.94. The van der Waals surface area contributed by atoms with E-state index >= 15 is 0 Å². The van der Waals surface area contributed by atoms with Crippen LogP contribution < -0.4 is 62.0 Å².